The fourth-order valence-corrected chi connectivity index (χ4v) is 4.84. The average molecular weight is 425 g/mol. The van der Waals surface area contributed by atoms with Crippen LogP contribution in [0.4, 0.5) is 5.82 Å². The highest BCUT2D eigenvalue weighted by Crippen LogP contribution is 2.34. The molecule has 0 spiro atoms. The van der Waals surface area contributed by atoms with Gasteiger partial charge in [-0.3, -0.25) is 9.59 Å². The van der Waals surface area contributed by atoms with E-state index in [4.69, 9.17) is 4.52 Å². The van der Waals surface area contributed by atoms with Crippen molar-refractivity contribution in [2.75, 3.05) is 44.7 Å². The molecule has 1 saturated carbocycles. The van der Waals surface area contributed by atoms with Gasteiger partial charge in [-0.25, -0.2) is 4.98 Å². The minimum Gasteiger partial charge on any atom is -0.353 e. The maximum atomic E-state index is 12.7. The van der Waals surface area contributed by atoms with Crippen molar-refractivity contribution in [3.05, 3.63) is 24.2 Å². The van der Waals surface area contributed by atoms with E-state index in [0.29, 0.717) is 37.8 Å². The van der Waals surface area contributed by atoms with Crippen LogP contribution in [0.3, 0.4) is 0 Å². The Kier molecular flexibility index (Phi) is 5.33. The van der Waals surface area contributed by atoms with Crippen molar-refractivity contribution in [2.24, 2.45) is 5.92 Å². The van der Waals surface area contributed by atoms with Crippen molar-refractivity contribution in [1.82, 2.24) is 24.9 Å². The summed E-state index contributed by atoms with van der Waals surface area (Å²) >= 11 is 0. The maximum Gasteiger partial charge on any atom is 0.230 e. The number of carbonyl (C=O) groups excluding carboxylic acids is 2. The minimum absolute atomic E-state index is 0.0539. The fraction of sp³-hybridized carbons (Fsp3) is 0.591. The predicted octanol–water partition coefficient (Wildman–Crippen LogP) is 1.92. The van der Waals surface area contributed by atoms with Gasteiger partial charge in [-0.2, -0.15) is 4.98 Å². The van der Waals surface area contributed by atoms with Crippen LogP contribution in [0.5, 0.6) is 0 Å². The Balaban J connectivity index is 1.18. The van der Waals surface area contributed by atoms with E-state index in [1.54, 1.807) is 18.1 Å². The van der Waals surface area contributed by atoms with E-state index in [2.05, 4.69) is 20.0 Å². The van der Waals surface area contributed by atoms with Gasteiger partial charge in [0, 0.05) is 63.9 Å². The zero-order valence-electron chi connectivity index (χ0n) is 17.9. The second-order valence-corrected chi connectivity index (χ2v) is 8.83. The van der Waals surface area contributed by atoms with Crippen molar-refractivity contribution in [3.8, 4) is 11.4 Å². The molecular weight excluding hydrogens is 396 g/mol. The lowest BCUT2D eigenvalue weighted by atomic mass is 10.1. The van der Waals surface area contributed by atoms with Gasteiger partial charge in [-0.05, 0) is 25.0 Å². The number of rotatable bonds is 4. The van der Waals surface area contributed by atoms with E-state index >= 15 is 0 Å². The zero-order valence-corrected chi connectivity index (χ0v) is 17.9. The van der Waals surface area contributed by atoms with Gasteiger partial charge in [0.05, 0.1) is 5.92 Å². The Morgan fingerprint density at radius 3 is 2.55 bits per heavy atom. The summed E-state index contributed by atoms with van der Waals surface area (Å²) in [5.74, 6) is 2.56. The molecule has 1 unspecified atom stereocenters. The quantitative estimate of drug-likeness (QED) is 0.740. The molecular formula is C22H28N6O3. The third-order valence-electron chi connectivity index (χ3n) is 6.76. The highest BCUT2D eigenvalue weighted by atomic mass is 16.5. The molecule has 164 valence electrons. The predicted molar refractivity (Wildman–Crippen MR) is 113 cm³/mol. The first-order chi connectivity index (χ1) is 15.1. The Morgan fingerprint density at radius 2 is 1.90 bits per heavy atom. The van der Waals surface area contributed by atoms with Crippen molar-refractivity contribution >= 4 is 17.6 Å². The lowest BCUT2D eigenvalue weighted by molar-refractivity contribution is -0.136. The van der Waals surface area contributed by atoms with Crippen LogP contribution in [0.15, 0.2) is 22.9 Å². The lowest BCUT2D eigenvalue weighted by Gasteiger charge is -2.36. The number of amides is 2. The van der Waals surface area contributed by atoms with E-state index in [1.807, 2.05) is 17.0 Å². The first kappa shape index (κ1) is 20.0. The maximum absolute atomic E-state index is 12.7. The van der Waals surface area contributed by atoms with Gasteiger partial charge in [0.2, 0.25) is 23.5 Å². The number of hydrogen-bond donors (Lipinski definition) is 0. The standard InChI is InChI=1S/C22H28N6O3/c1-26-14-17(12-19(26)29)22(30)28-10-8-27(9-11-28)18-7-6-16(13-23-18)20-24-21(31-25-20)15-4-2-3-5-15/h6-7,13,15,17H,2-5,8-12,14H2,1H3. The number of pyridine rings is 1. The van der Waals surface area contributed by atoms with Gasteiger partial charge in [-0.1, -0.05) is 18.0 Å². The molecule has 1 aliphatic carbocycles. The highest BCUT2D eigenvalue weighted by Gasteiger charge is 2.35. The monoisotopic (exact) mass is 424 g/mol. The third kappa shape index (κ3) is 4.00. The summed E-state index contributed by atoms with van der Waals surface area (Å²) in [7, 11) is 1.76. The number of likely N-dealkylation sites (tertiary alicyclic amines) is 1. The van der Waals surface area contributed by atoms with E-state index in [1.165, 1.54) is 12.8 Å². The molecule has 3 fully saturated rings. The molecule has 2 aromatic rings. The van der Waals surface area contributed by atoms with Gasteiger partial charge in [-0.15, -0.1) is 0 Å². The molecule has 5 rings (SSSR count). The first-order valence-corrected chi connectivity index (χ1v) is 11.2. The zero-order chi connectivity index (χ0) is 21.4. The van der Waals surface area contributed by atoms with Crippen LogP contribution >= 0.6 is 0 Å². The highest BCUT2D eigenvalue weighted by molar-refractivity contribution is 5.89. The van der Waals surface area contributed by atoms with Crippen LogP contribution in [-0.4, -0.2) is 76.5 Å². The molecule has 9 heteroatoms. The molecule has 2 saturated heterocycles. The first-order valence-electron chi connectivity index (χ1n) is 11.2. The second kappa shape index (κ2) is 8.28. The van der Waals surface area contributed by atoms with Crippen LogP contribution in [0.2, 0.25) is 0 Å². The molecule has 2 aromatic heterocycles. The number of anilines is 1. The van der Waals surface area contributed by atoms with Gasteiger partial charge >= 0.3 is 0 Å². The average Bonchev–Trinajstić information content (AvgIpc) is 3.55. The smallest absolute Gasteiger partial charge is 0.230 e. The van der Waals surface area contributed by atoms with Crippen LogP contribution in [0.1, 0.15) is 43.9 Å². The topological polar surface area (TPSA) is 95.7 Å². The largest absolute Gasteiger partial charge is 0.353 e. The number of nitrogens with zero attached hydrogens (tertiary/aromatic N) is 6. The molecule has 0 bridgehead atoms. The summed E-state index contributed by atoms with van der Waals surface area (Å²) in [4.78, 5) is 39.3. The Labute approximate surface area is 181 Å². The van der Waals surface area contributed by atoms with Crippen molar-refractivity contribution in [1.29, 1.82) is 0 Å². The third-order valence-corrected chi connectivity index (χ3v) is 6.76. The van der Waals surface area contributed by atoms with E-state index in [-0.39, 0.29) is 17.7 Å². The molecule has 3 aliphatic rings. The van der Waals surface area contributed by atoms with Gasteiger partial charge < -0.3 is 19.2 Å². The van der Waals surface area contributed by atoms with Gasteiger partial charge in [0.1, 0.15) is 5.82 Å². The molecule has 31 heavy (non-hydrogen) atoms. The summed E-state index contributed by atoms with van der Waals surface area (Å²) in [5.41, 5.74) is 0.848. The Morgan fingerprint density at radius 1 is 1.13 bits per heavy atom. The molecule has 2 aliphatic heterocycles. The Hall–Kier alpha value is -2.97. The lowest BCUT2D eigenvalue weighted by Crippen LogP contribution is -2.50. The SMILES string of the molecule is CN1CC(C(=O)N2CCN(c3ccc(-c4noc(C5CCCC5)n4)cn3)CC2)CC1=O. The number of hydrogen-bond acceptors (Lipinski definition) is 7. The van der Waals surface area contributed by atoms with Crippen molar-refractivity contribution in [3.63, 3.8) is 0 Å². The van der Waals surface area contributed by atoms with E-state index < -0.39 is 0 Å². The van der Waals surface area contributed by atoms with Crippen LogP contribution in [0.25, 0.3) is 11.4 Å². The second-order valence-electron chi connectivity index (χ2n) is 8.83. The summed E-state index contributed by atoms with van der Waals surface area (Å²) in [6.45, 7) is 3.27. The molecule has 2 amide bonds. The summed E-state index contributed by atoms with van der Waals surface area (Å²) in [6.07, 6.45) is 6.83. The van der Waals surface area contributed by atoms with Crippen LogP contribution in [-0.2, 0) is 9.59 Å². The summed E-state index contributed by atoms with van der Waals surface area (Å²) in [5, 5.41) is 4.14. The minimum atomic E-state index is -0.203. The summed E-state index contributed by atoms with van der Waals surface area (Å²) < 4.78 is 5.48. The van der Waals surface area contributed by atoms with E-state index in [0.717, 1.165) is 43.2 Å². The molecule has 0 aromatic carbocycles. The van der Waals surface area contributed by atoms with Crippen molar-refractivity contribution < 1.29 is 14.1 Å². The fourth-order valence-electron chi connectivity index (χ4n) is 4.84. The molecule has 1 atom stereocenters. The molecule has 4 heterocycles. The number of carbonyl (C=O) groups is 2. The van der Waals surface area contributed by atoms with Crippen LogP contribution < -0.4 is 4.90 Å². The molecule has 9 nitrogen and oxygen atoms in total. The number of piperazine rings is 1. The van der Waals surface area contributed by atoms with Crippen molar-refractivity contribution in [2.45, 2.75) is 38.0 Å². The van der Waals surface area contributed by atoms with Crippen LogP contribution in [0, 0.1) is 5.92 Å². The number of aromatic nitrogens is 3. The van der Waals surface area contributed by atoms with Gasteiger partial charge in [0.25, 0.3) is 0 Å². The van der Waals surface area contributed by atoms with Gasteiger partial charge in [0.15, 0.2) is 0 Å². The molecule has 0 N–H and O–H groups in total. The normalized spacial score (nSPS) is 22.5. The summed E-state index contributed by atoms with van der Waals surface area (Å²) in [6, 6.07) is 3.95. The Bertz CT molecular complexity index is 944. The molecule has 0 radical (unpaired) electrons. The van der Waals surface area contributed by atoms with E-state index in [9.17, 15) is 9.59 Å².